The Morgan fingerprint density at radius 3 is 2.84 bits per heavy atom. The number of carbonyl (C=O) groups is 2. The number of aromatic amines is 1. The number of nitrogens with one attached hydrogen (secondary N) is 2. The summed E-state index contributed by atoms with van der Waals surface area (Å²) in [5.41, 5.74) is 4.07. The minimum absolute atomic E-state index is 0.00369. The molecule has 25 heavy (non-hydrogen) atoms. The van der Waals surface area contributed by atoms with Crippen LogP contribution in [0.1, 0.15) is 34.5 Å². The Labute approximate surface area is 147 Å². The number of hydrogen-bond donors (Lipinski definition) is 2. The van der Waals surface area contributed by atoms with E-state index in [1.165, 1.54) is 11.1 Å². The molecule has 2 saturated heterocycles. The normalized spacial score (nSPS) is 21.0. The maximum absolute atomic E-state index is 13.0. The van der Waals surface area contributed by atoms with E-state index in [2.05, 4.69) is 30.2 Å². The van der Waals surface area contributed by atoms with Crippen LogP contribution < -0.4 is 5.32 Å². The highest BCUT2D eigenvalue weighted by molar-refractivity contribution is 5.99. The van der Waals surface area contributed by atoms with Gasteiger partial charge in [-0.3, -0.25) is 4.79 Å². The SMILES string of the molecule is Cc1ccc2[nH]c(C(=O)N3CCCC(N4CCNC4=O)C3)cc2c1C. The first-order valence-electron chi connectivity index (χ1n) is 8.97. The summed E-state index contributed by atoms with van der Waals surface area (Å²) in [6.07, 6.45) is 1.89. The molecule has 2 aromatic rings. The van der Waals surface area contributed by atoms with E-state index in [0.29, 0.717) is 18.8 Å². The Kier molecular flexibility index (Phi) is 3.90. The molecule has 0 saturated carbocycles. The molecule has 4 rings (SSSR count). The van der Waals surface area contributed by atoms with Crippen molar-refractivity contribution >= 4 is 22.8 Å². The van der Waals surface area contributed by atoms with Gasteiger partial charge in [0.15, 0.2) is 0 Å². The van der Waals surface area contributed by atoms with Crippen LogP contribution >= 0.6 is 0 Å². The second-order valence-electron chi connectivity index (χ2n) is 7.12. The molecule has 132 valence electrons. The van der Waals surface area contributed by atoms with Crippen molar-refractivity contribution in [3.05, 3.63) is 35.0 Å². The Morgan fingerprint density at radius 2 is 2.08 bits per heavy atom. The number of aryl methyl sites for hydroxylation is 2. The van der Waals surface area contributed by atoms with Gasteiger partial charge in [0, 0.05) is 37.1 Å². The number of urea groups is 1. The van der Waals surface area contributed by atoms with Crippen molar-refractivity contribution in [2.75, 3.05) is 26.2 Å². The first-order chi connectivity index (χ1) is 12.0. The summed E-state index contributed by atoms with van der Waals surface area (Å²) < 4.78 is 0. The molecule has 1 unspecified atom stereocenters. The van der Waals surface area contributed by atoms with Crippen LogP contribution in [0.25, 0.3) is 10.9 Å². The number of likely N-dealkylation sites (tertiary alicyclic amines) is 1. The number of piperidine rings is 1. The predicted octanol–water partition coefficient (Wildman–Crippen LogP) is 2.41. The minimum atomic E-state index is -0.00369. The van der Waals surface area contributed by atoms with Crippen LogP contribution in [0.4, 0.5) is 4.79 Å². The minimum Gasteiger partial charge on any atom is -0.351 e. The number of aromatic nitrogens is 1. The largest absolute Gasteiger partial charge is 0.351 e. The lowest BCUT2D eigenvalue weighted by Gasteiger charge is -2.36. The molecule has 0 spiro atoms. The number of nitrogens with zero attached hydrogens (tertiary/aromatic N) is 2. The van der Waals surface area contributed by atoms with E-state index < -0.39 is 0 Å². The molecule has 1 atom stereocenters. The monoisotopic (exact) mass is 340 g/mol. The zero-order valence-corrected chi connectivity index (χ0v) is 14.8. The molecule has 0 aliphatic carbocycles. The van der Waals surface area contributed by atoms with Gasteiger partial charge in [-0.1, -0.05) is 6.07 Å². The van der Waals surface area contributed by atoms with Crippen LogP contribution in [-0.2, 0) is 0 Å². The van der Waals surface area contributed by atoms with Crippen LogP contribution in [0.5, 0.6) is 0 Å². The zero-order valence-electron chi connectivity index (χ0n) is 14.8. The second-order valence-corrected chi connectivity index (χ2v) is 7.12. The molecule has 0 bridgehead atoms. The van der Waals surface area contributed by atoms with Crippen molar-refractivity contribution in [3.63, 3.8) is 0 Å². The molecule has 6 nitrogen and oxygen atoms in total. The van der Waals surface area contributed by atoms with Crippen molar-refractivity contribution in [1.82, 2.24) is 20.1 Å². The fraction of sp³-hybridized carbons (Fsp3) is 0.474. The van der Waals surface area contributed by atoms with Crippen LogP contribution in [0, 0.1) is 13.8 Å². The molecule has 3 amide bonds. The number of fused-ring (bicyclic) bond motifs is 1. The van der Waals surface area contributed by atoms with Crippen molar-refractivity contribution in [3.8, 4) is 0 Å². The van der Waals surface area contributed by atoms with Crippen molar-refractivity contribution < 1.29 is 9.59 Å². The average Bonchev–Trinajstić information content (AvgIpc) is 3.24. The number of rotatable bonds is 2. The Morgan fingerprint density at radius 1 is 1.24 bits per heavy atom. The molecule has 6 heteroatoms. The third kappa shape index (κ3) is 2.75. The lowest BCUT2D eigenvalue weighted by atomic mass is 10.0. The molecule has 1 aromatic carbocycles. The van der Waals surface area contributed by atoms with Crippen LogP contribution in [0.3, 0.4) is 0 Å². The zero-order chi connectivity index (χ0) is 17.6. The maximum Gasteiger partial charge on any atom is 0.317 e. The Hall–Kier alpha value is -2.50. The van der Waals surface area contributed by atoms with E-state index in [1.807, 2.05) is 21.9 Å². The van der Waals surface area contributed by atoms with Gasteiger partial charge in [-0.2, -0.15) is 0 Å². The number of carbonyl (C=O) groups excluding carboxylic acids is 2. The lowest BCUT2D eigenvalue weighted by molar-refractivity contribution is 0.0629. The maximum atomic E-state index is 13.0. The Bertz CT molecular complexity index is 841. The quantitative estimate of drug-likeness (QED) is 0.881. The molecule has 0 radical (unpaired) electrons. The van der Waals surface area contributed by atoms with Gasteiger partial charge < -0.3 is 20.1 Å². The number of amides is 3. The molecule has 2 N–H and O–H groups in total. The molecule has 2 aliphatic heterocycles. The van der Waals surface area contributed by atoms with Gasteiger partial charge in [0.2, 0.25) is 0 Å². The van der Waals surface area contributed by atoms with Gasteiger partial charge in [0.05, 0.1) is 6.04 Å². The molecule has 2 aliphatic rings. The highest BCUT2D eigenvalue weighted by Crippen LogP contribution is 2.24. The van der Waals surface area contributed by atoms with Crippen LogP contribution in [-0.4, -0.2) is 58.9 Å². The molecular formula is C19H24N4O2. The fourth-order valence-electron chi connectivity index (χ4n) is 3.97. The summed E-state index contributed by atoms with van der Waals surface area (Å²) in [6, 6.07) is 6.18. The third-order valence-electron chi connectivity index (χ3n) is 5.59. The summed E-state index contributed by atoms with van der Waals surface area (Å²) in [6.45, 7) is 6.96. The van der Waals surface area contributed by atoms with E-state index in [1.54, 1.807) is 0 Å². The van der Waals surface area contributed by atoms with Gasteiger partial charge in [-0.05, 0) is 49.9 Å². The van der Waals surface area contributed by atoms with E-state index >= 15 is 0 Å². The predicted molar refractivity (Wildman–Crippen MR) is 96.8 cm³/mol. The van der Waals surface area contributed by atoms with E-state index in [9.17, 15) is 9.59 Å². The topological polar surface area (TPSA) is 68.4 Å². The average molecular weight is 340 g/mol. The third-order valence-corrected chi connectivity index (χ3v) is 5.59. The summed E-state index contributed by atoms with van der Waals surface area (Å²) in [5.74, 6) is 0.0255. The fourth-order valence-corrected chi connectivity index (χ4v) is 3.97. The van der Waals surface area contributed by atoms with Crippen molar-refractivity contribution in [2.45, 2.75) is 32.7 Å². The number of H-pyrrole nitrogens is 1. The van der Waals surface area contributed by atoms with Gasteiger partial charge >= 0.3 is 6.03 Å². The smallest absolute Gasteiger partial charge is 0.317 e. The summed E-state index contributed by atoms with van der Waals surface area (Å²) in [7, 11) is 0. The molecule has 1 aromatic heterocycles. The van der Waals surface area contributed by atoms with E-state index in [0.717, 1.165) is 36.8 Å². The summed E-state index contributed by atoms with van der Waals surface area (Å²) >= 11 is 0. The highest BCUT2D eigenvalue weighted by Gasteiger charge is 2.33. The van der Waals surface area contributed by atoms with Crippen LogP contribution in [0.2, 0.25) is 0 Å². The van der Waals surface area contributed by atoms with Crippen molar-refractivity contribution in [1.29, 1.82) is 0 Å². The van der Waals surface area contributed by atoms with E-state index in [4.69, 9.17) is 0 Å². The summed E-state index contributed by atoms with van der Waals surface area (Å²) in [4.78, 5) is 31.9. The second kappa shape index (κ2) is 6.10. The van der Waals surface area contributed by atoms with Gasteiger partial charge in [0.25, 0.3) is 5.91 Å². The van der Waals surface area contributed by atoms with Gasteiger partial charge in [-0.15, -0.1) is 0 Å². The lowest BCUT2D eigenvalue weighted by Crippen LogP contribution is -2.50. The standard InChI is InChI=1S/C19H24N4O2/c1-12-5-6-16-15(13(12)2)10-17(21-16)18(24)22-8-3-4-14(11-22)23-9-7-20-19(23)25/h5-6,10,14,21H,3-4,7-9,11H2,1-2H3,(H,20,25). The molecule has 2 fully saturated rings. The van der Waals surface area contributed by atoms with Gasteiger partial charge in [0.1, 0.15) is 5.69 Å². The van der Waals surface area contributed by atoms with Crippen LogP contribution in [0.15, 0.2) is 18.2 Å². The first kappa shape index (κ1) is 16.0. The molecular weight excluding hydrogens is 316 g/mol. The van der Waals surface area contributed by atoms with Gasteiger partial charge in [-0.25, -0.2) is 4.79 Å². The Balaban J connectivity index is 1.56. The van der Waals surface area contributed by atoms with Crippen molar-refractivity contribution in [2.24, 2.45) is 0 Å². The molecule has 3 heterocycles. The number of benzene rings is 1. The highest BCUT2D eigenvalue weighted by atomic mass is 16.2. The van der Waals surface area contributed by atoms with E-state index in [-0.39, 0.29) is 18.0 Å². The number of hydrogen-bond acceptors (Lipinski definition) is 2. The first-order valence-corrected chi connectivity index (χ1v) is 8.97. The summed E-state index contributed by atoms with van der Waals surface area (Å²) in [5, 5.41) is 3.96.